The molecule has 0 fully saturated rings. The third-order valence-corrected chi connectivity index (χ3v) is 5.88. The van der Waals surface area contributed by atoms with Crippen LogP contribution in [-0.2, 0) is 24.3 Å². The van der Waals surface area contributed by atoms with Crippen LogP contribution in [0.4, 0.5) is 10.6 Å². The standard InChI is InChI=1S/C28H26N4O2/c33-28(34-20-22-12-6-2-7-13-22)29-25-16-24-17-26(23-14-8-3-9-15-23)30-31-27(24)32(19-25)18-21-10-4-1-5-11-21/h1-15,17,25H,16,18-20H2,(H,29,33). The first-order valence-electron chi connectivity index (χ1n) is 11.4. The summed E-state index contributed by atoms with van der Waals surface area (Å²) in [7, 11) is 0. The molecule has 6 heteroatoms. The van der Waals surface area contributed by atoms with Crippen LogP contribution < -0.4 is 10.2 Å². The van der Waals surface area contributed by atoms with E-state index in [1.165, 1.54) is 5.56 Å². The van der Waals surface area contributed by atoms with Crippen molar-refractivity contribution in [1.29, 1.82) is 0 Å². The Kier molecular flexibility index (Phi) is 6.47. The number of carbonyl (C=O) groups is 1. The maximum atomic E-state index is 12.6. The van der Waals surface area contributed by atoms with Crippen molar-refractivity contribution in [2.45, 2.75) is 25.6 Å². The summed E-state index contributed by atoms with van der Waals surface area (Å²) in [5.41, 5.74) is 5.04. The molecular formula is C28H26N4O2. The fraction of sp³-hybridized carbons (Fsp3) is 0.179. The zero-order valence-electron chi connectivity index (χ0n) is 18.8. The van der Waals surface area contributed by atoms with Gasteiger partial charge in [-0.05, 0) is 23.6 Å². The molecule has 3 aromatic carbocycles. The van der Waals surface area contributed by atoms with Crippen LogP contribution in [0.25, 0.3) is 11.3 Å². The van der Waals surface area contributed by atoms with Gasteiger partial charge in [0.15, 0.2) is 5.82 Å². The second kappa shape index (κ2) is 10.2. The number of benzene rings is 3. The topological polar surface area (TPSA) is 67.4 Å². The lowest BCUT2D eigenvalue weighted by atomic mass is 9.99. The van der Waals surface area contributed by atoms with Crippen LogP contribution in [0.5, 0.6) is 0 Å². The van der Waals surface area contributed by atoms with Gasteiger partial charge in [-0.15, -0.1) is 10.2 Å². The predicted molar refractivity (Wildman–Crippen MR) is 132 cm³/mol. The normalized spacial score (nSPS) is 14.8. The summed E-state index contributed by atoms with van der Waals surface area (Å²) in [6, 6.07) is 31.9. The van der Waals surface area contributed by atoms with E-state index >= 15 is 0 Å². The molecule has 4 aromatic rings. The van der Waals surface area contributed by atoms with Crippen LogP contribution in [0.3, 0.4) is 0 Å². The van der Waals surface area contributed by atoms with Gasteiger partial charge in [-0.1, -0.05) is 91.0 Å². The Morgan fingerprint density at radius 3 is 2.24 bits per heavy atom. The Bertz CT molecular complexity index is 1230. The molecule has 0 saturated heterocycles. The van der Waals surface area contributed by atoms with Crippen molar-refractivity contribution >= 4 is 11.9 Å². The van der Waals surface area contributed by atoms with Crippen LogP contribution in [0, 0.1) is 0 Å². The number of hydrogen-bond donors (Lipinski definition) is 1. The van der Waals surface area contributed by atoms with Gasteiger partial charge in [0, 0.05) is 24.2 Å². The quantitative estimate of drug-likeness (QED) is 0.448. The van der Waals surface area contributed by atoms with E-state index in [1.807, 2.05) is 78.9 Å². The zero-order valence-corrected chi connectivity index (χ0v) is 18.8. The van der Waals surface area contributed by atoms with Gasteiger partial charge in [0.25, 0.3) is 0 Å². The smallest absolute Gasteiger partial charge is 0.407 e. The van der Waals surface area contributed by atoms with Gasteiger partial charge in [0.1, 0.15) is 6.61 Å². The molecule has 6 nitrogen and oxygen atoms in total. The number of ether oxygens (including phenoxy) is 1. The van der Waals surface area contributed by atoms with Crippen LogP contribution in [-0.4, -0.2) is 28.9 Å². The van der Waals surface area contributed by atoms with Crippen molar-refractivity contribution in [3.05, 3.63) is 114 Å². The van der Waals surface area contributed by atoms with Gasteiger partial charge < -0.3 is 15.0 Å². The Balaban J connectivity index is 1.35. The number of carbonyl (C=O) groups excluding carboxylic acids is 1. The summed E-state index contributed by atoms with van der Waals surface area (Å²) in [5.74, 6) is 0.860. The number of hydrogen-bond acceptors (Lipinski definition) is 5. The lowest BCUT2D eigenvalue weighted by molar-refractivity contribution is 0.135. The minimum atomic E-state index is -0.415. The van der Waals surface area contributed by atoms with Crippen LogP contribution in [0.15, 0.2) is 97.1 Å². The average Bonchev–Trinajstić information content (AvgIpc) is 2.89. The summed E-state index contributed by atoms with van der Waals surface area (Å²) in [5, 5.41) is 12.1. The third kappa shape index (κ3) is 5.23. The highest BCUT2D eigenvalue weighted by Gasteiger charge is 2.28. The lowest BCUT2D eigenvalue weighted by Gasteiger charge is -2.35. The fourth-order valence-corrected chi connectivity index (χ4v) is 4.24. The second-order valence-corrected chi connectivity index (χ2v) is 8.42. The largest absolute Gasteiger partial charge is 0.445 e. The molecule has 1 aromatic heterocycles. The molecule has 1 N–H and O–H groups in total. The fourth-order valence-electron chi connectivity index (χ4n) is 4.24. The van der Waals surface area contributed by atoms with E-state index in [2.05, 4.69) is 38.6 Å². The molecule has 1 aliphatic rings. The van der Waals surface area contributed by atoms with E-state index in [1.54, 1.807) is 0 Å². The van der Waals surface area contributed by atoms with E-state index in [-0.39, 0.29) is 12.6 Å². The SMILES string of the molecule is O=C(NC1Cc2cc(-c3ccccc3)nnc2N(Cc2ccccc2)C1)OCc1ccccc1. The number of nitrogens with zero attached hydrogens (tertiary/aromatic N) is 3. The minimum Gasteiger partial charge on any atom is -0.445 e. The molecule has 170 valence electrons. The summed E-state index contributed by atoms with van der Waals surface area (Å²) < 4.78 is 5.47. The maximum absolute atomic E-state index is 12.6. The van der Waals surface area contributed by atoms with Crippen molar-refractivity contribution in [3.8, 4) is 11.3 Å². The number of alkyl carbamates (subject to hydrolysis) is 1. The number of aromatic nitrogens is 2. The Hall–Kier alpha value is -4.19. The monoisotopic (exact) mass is 450 g/mol. The summed E-state index contributed by atoms with van der Waals surface area (Å²) in [6.45, 7) is 1.56. The number of amides is 1. The first-order chi connectivity index (χ1) is 16.7. The molecular weight excluding hydrogens is 424 g/mol. The zero-order chi connectivity index (χ0) is 23.2. The van der Waals surface area contributed by atoms with Crippen LogP contribution >= 0.6 is 0 Å². The van der Waals surface area contributed by atoms with Gasteiger partial charge in [0.2, 0.25) is 0 Å². The third-order valence-electron chi connectivity index (χ3n) is 5.88. The molecule has 34 heavy (non-hydrogen) atoms. The van der Waals surface area contributed by atoms with Gasteiger partial charge in [0.05, 0.1) is 11.7 Å². The van der Waals surface area contributed by atoms with Gasteiger partial charge in [-0.3, -0.25) is 0 Å². The van der Waals surface area contributed by atoms with E-state index in [4.69, 9.17) is 4.74 Å². The van der Waals surface area contributed by atoms with Crippen molar-refractivity contribution < 1.29 is 9.53 Å². The molecule has 0 radical (unpaired) electrons. The molecule has 1 atom stereocenters. The summed E-state index contributed by atoms with van der Waals surface area (Å²) >= 11 is 0. The van der Waals surface area contributed by atoms with Crippen LogP contribution in [0.1, 0.15) is 16.7 Å². The van der Waals surface area contributed by atoms with Gasteiger partial charge in [-0.25, -0.2) is 4.79 Å². The van der Waals surface area contributed by atoms with Gasteiger partial charge >= 0.3 is 6.09 Å². The number of rotatable bonds is 6. The lowest BCUT2D eigenvalue weighted by Crippen LogP contribution is -2.48. The van der Waals surface area contributed by atoms with Crippen molar-refractivity contribution in [2.75, 3.05) is 11.4 Å². The second-order valence-electron chi connectivity index (χ2n) is 8.42. The summed E-state index contributed by atoms with van der Waals surface area (Å²) in [6.07, 6.45) is 0.249. The molecule has 0 aliphatic carbocycles. The molecule has 0 spiro atoms. The molecule has 1 unspecified atom stereocenters. The number of nitrogens with one attached hydrogen (secondary N) is 1. The molecule has 2 heterocycles. The van der Waals surface area contributed by atoms with E-state index in [0.717, 1.165) is 28.2 Å². The number of anilines is 1. The highest BCUT2D eigenvalue weighted by atomic mass is 16.5. The minimum absolute atomic E-state index is 0.104. The first kappa shape index (κ1) is 21.6. The first-order valence-corrected chi connectivity index (χ1v) is 11.4. The van der Waals surface area contributed by atoms with Gasteiger partial charge in [-0.2, -0.15) is 0 Å². The van der Waals surface area contributed by atoms with E-state index in [0.29, 0.717) is 19.5 Å². The molecule has 1 aliphatic heterocycles. The summed E-state index contributed by atoms with van der Waals surface area (Å²) in [4.78, 5) is 14.7. The molecule has 1 amide bonds. The van der Waals surface area contributed by atoms with Crippen molar-refractivity contribution in [1.82, 2.24) is 15.5 Å². The van der Waals surface area contributed by atoms with Crippen molar-refractivity contribution in [2.24, 2.45) is 0 Å². The Morgan fingerprint density at radius 1 is 0.882 bits per heavy atom. The van der Waals surface area contributed by atoms with Crippen LogP contribution in [0.2, 0.25) is 0 Å². The highest BCUT2D eigenvalue weighted by Crippen LogP contribution is 2.29. The predicted octanol–water partition coefficient (Wildman–Crippen LogP) is 5.00. The number of fused-ring (bicyclic) bond motifs is 1. The highest BCUT2D eigenvalue weighted by molar-refractivity contribution is 5.69. The van der Waals surface area contributed by atoms with E-state index < -0.39 is 6.09 Å². The maximum Gasteiger partial charge on any atom is 0.407 e. The van der Waals surface area contributed by atoms with Crippen molar-refractivity contribution in [3.63, 3.8) is 0 Å². The molecule has 5 rings (SSSR count). The molecule has 0 bridgehead atoms. The average molecular weight is 451 g/mol. The molecule has 0 saturated carbocycles. The Morgan fingerprint density at radius 2 is 1.53 bits per heavy atom. The Labute approximate surface area is 199 Å². The van der Waals surface area contributed by atoms with E-state index in [9.17, 15) is 4.79 Å².